The van der Waals surface area contributed by atoms with Crippen LogP contribution in [0.5, 0.6) is 5.75 Å². The van der Waals surface area contributed by atoms with Crippen molar-refractivity contribution in [3.8, 4) is 5.75 Å². The van der Waals surface area contributed by atoms with Gasteiger partial charge in [0, 0.05) is 18.2 Å². The lowest BCUT2D eigenvalue weighted by molar-refractivity contribution is -0.153. The maximum Gasteiger partial charge on any atom is 0.422 e. The number of hydrogen-bond donors (Lipinski definition) is 1. The third-order valence-electron chi connectivity index (χ3n) is 4.16. The molecule has 2 aromatic rings. The molecule has 3 rings (SSSR count). The SMILES string of the molecule is CC(=O)C1CC(C(=O)Nc2cccc(OCC(F)(F)F)c2)=NN1c1ccccc1. The number of ether oxygens (including phenoxy) is 1. The molecule has 6 nitrogen and oxygen atoms in total. The Morgan fingerprint density at radius 3 is 2.55 bits per heavy atom. The summed E-state index contributed by atoms with van der Waals surface area (Å²) in [7, 11) is 0. The molecule has 1 unspecified atom stereocenters. The zero-order valence-electron chi connectivity index (χ0n) is 15.4. The van der Waals surface area contributed by atoms with Gasteiger partial charge in [-0.3, -0.25) is 14.6 Å². The van der Waals surface area contributed by atoms with Gasteiger partial charge >= 0.3 is 6.18 Å². The molecule has 0 radical (unpaired) electrons. The molecule has 0 saturated heterocycles. The van der Waals surface area contributed by atoms with Gasteiger partial charge in [0.25, 0.3) is 5.91 Å². The fourth-order valence-corrected chi connectivity index (χ4v) is 2.81. The second kappa shape index (κ2) is 8.34. The van der Waals surface area contributed by atoms with Crippen LogP contribution in [0.4, 0.5) is 24.5 Å². The summed E-state index contributed by atoms with van der Waals surface area (Å²) < 4.78 is 41.6. The first-order valence-corrected chi connectivity index (χ1v) is 8.76. The van der Waals surface area contributed by atoms with E-state index in [9.17, 15) is 22.8 Å². The number of nitrogens with zero attached hydrogens (tertiary/aromatic N) is 2. The highest BCUT2D eigenvalue weighted by molar-refractivity contribution is 6.44. The van der Waals surface area contributed by atoms with Crippen molar-refractivity contribution in [1.29, 1.82) is 0 Å². The van der Waals surface area contributed by atoms with E-state index in [-0.39, 0.29) is 29.4 Å². The van der Waals surface area contributed by atoms with Crippen LogP contribution < -0.4 is 15.1 Å². The van der Waals surface area contributed by atoms with Crippen LogP contribution >= 0.6 is 0 Å². The van der Waals surface area contributed by atoms with Crippen molar-refractivity contribution in [2.24, 2.45) is 5.10 Å². The Kier molecular flexibility index (Phi) is 5.86. The van der Waals surface area contributed by atoms with Crippen molar-refractivity contribution >= 4 is 28.8 Å². The Balaban J connectivity index is 1.73. The maximum absolute atomic E-state index is 12.6. The summed E-state index contributed by atoms with van der Waals surface area (Å²) in [6, 6.07) is 14.0. The van der Waals surface area contributed by atoms with E-state index in [1.54, 1.807) is 24.3 Å². The Morgan fingerprint density at radius 2 is 1.90 bits per heavy atom. The molecule has 1 aliphatic heterocycles. The van der Waals surface area contributed by atoms with E-state index in [4.69, 9.17) is 0 Å². The van der Waals surface area contributed by atoms with Gasteiger partial charge in [-0.1, -0.05) is 24.3 Å². The number of hydrazone groups is 1. The summed E-state index contributed by atoms with van der Waals surface area (Å²) in [5, 5.41) is 8.37. The fraction of sp³-hybridized carbons (Fsp3) is 0.250. The Hall–Kier alpha value is -3.36. The van der Waals surface area contributed by atoms with Crippen LogP contribution in [0.3, 0.4) is 0 Å². The van der Waals surface area contributed by atoms with Gasteiger partial charge in [0.2, 0.25) is 0 Å². The number of Topliss-reactive ketones (excluding diaryl/α,β-unsaturated/α-hetero) is 1. The largest absolute Gasteiger partial charge is 0.484 e. The second-order valence-corrected chi connectivity index (χ2v) is 6.44. The van der Waals surface area contributed by atoms with Crippen molar-refractivity contribution in [1.82, 2.24) is 0 Å². The zero-order chi connectivity index (χ0) is 21.0. The van der Waals surface area contributed by atoms with Crippen molar-refractivity contribution < 1.29 is 27.5 Å². The molecule has 0 spiro atoms. The van der Waals surface area contributed by atoms with Gasteiger partial charge in [0.15, 0.2) is 12.4 Å². The molecule has 0 aliphatic carbocycles. The summed E-state index contributed by atoms with van der Waals surface area (Å²) in [4.78, 5) is 24.6. The minimum atomic E-state index is -4.46. The first-order valence-electron chi connectivity index (χ1n) is 8.76. The number of hydrogen-bond acceptors (Lipinski definition) is 5. The van der Waals surface area contributed by atoms with Gasteiger partial charge < -0.3 is 10.1 Å². The molecule has 29 heavy (non-hydrogen) atoms. The number of alkyl halides is 3. The number of benzene rings is 2. The number of amides is 1. The minimum absolute atomic E-state index is 0.0268. The molecule has 1 aliphatic rings. The van der Waals surface area contributed by atoms with E-state index in [0.29, 0.717) is 5.69 Å². The molecule has 1 N–H and O–H groups in total. The Morgan fingerprint density at radius 1 is 1.17 bits per heavy atom. The van der Waals surface area contributed by atoms with Gasteiger partial charge in [0.1, 0.15) is 17.5 Å². The number of rotatable bonds is 6. The molecule has 2 aromatic carbocycles. The molecule has 1 atom stereocenters. The van der Waals surface area contributed by atoms with E-state index < -0.39 is 24.7 Å². The Bertz CT molecular complexity index is 929. The third-order valence-corrected chi connectivity index (χ3v) is 4.16. The van der Waals surface area contributed by atoms with Gasteiger partial charge in [-0.25, -0.2) is 0 Å². The van der Waals surface area contributed by atoms with Crippen molar-refractivity contribution in [2.75, 3.05) is 16.9 Å². The quantitative estimate of drug-likeness (QED) is 0.794. The molecule has 0 bridgehead atoms. The maximum atomic E-state index is 12.6. The van der Waals surface area contributed by atoms with E-state index in [1.165, 1.54) is 36.2 Å². The lowest BCUT2D eigenvalue weighted by Gasteiger charge is -2.20. The summed E-state index contributed by atoms with van der Waals surface area (Å²) in [5.41, 5.74) is 1.09. The van der Waals surface area contributed by atoms with Crippen molar-refractivity contribution in [3.05, 3.63) is 54.6 Å². The number of carbonyl (C=O) groups excluding carboxylic acids is 2. The standard InChI is InChI=1S/C20H18F3N3O3/c1-13(27)18-11-17(25-26(18)15-7-3-2-4-8-15)19(28)24-14-6-5-9-16(10-14)29-12-20(21,22)23/h2-10,18H,11-12H2,1H3,(H,24,28). The molecule has 9 heteroatoms. The first kappa shape index (κ1) is 20.4. The Labute approximate surface area is 165 Å². The summed E-state index contributed by atoms with van der Waals surface area (Å²) in [6.45, 7) is 0.00185. The normalized spacial score (nSPS) is 16.3. The monoisotopic (exact) mass is 405 g/mol. The van der Waals surface area contributed by atoms with Crippen LogP contribution in [-0.2, 0) is 9.59 Å². The molecule has 152 valence electrons. The van der Waals surface area contributed by atoms with Crippen LogP contribution in [0.25, 0.3) is 0 Å². The predicted molar refractivity (Wildman–Crippen MR) is 102 cm³/mol. The number of carbonyl (C=O) groups is 2. The fourth-order valence-electron chi connectivity index (χ4n) is 2.81. The highest BCUT2D eigenvalue weighted by atomic mass is 19.4. The smallest absolute Gasteiger partial charge is 0.422 e. The molecular weight excluding hydrogens is 387 g/mol. The lowest BCUT2D eigenvalue weighted by Crippen LogP contribution is -2.33. The highest BCUT2D eigenvalue weighted by Crippen LogP contribution is 2.26. The van der Waals surface area contributed by atoms with Crippen LogP contribution in [0.1, 0.15) is 13.3 Å². The third kappa shape index (κ3) is 5.34. The van der Waals surface area contributed by atoms with Gasteiger partial charge in [0.05, 0.1) is 5.69 Å². The number of nitrogens with one attached hydrogen (secondary N) is 1. The molecule has 0 saturated carbocycles. The number of para-hydroxylation sites is 1. The highest BCUT2D eigenvalue weighted by Gasteiger charge is 2.34. The number of ketones is 1. The number of anilines is 2. The molecule has 1 heterocycles. The zero-order valence-corrected chi connectivity index (χ0v) is 15.4. The average molecular weight is 405 g/mol. The van der Waals surface area contributed by atoms with Gasteiger partial charge in [-0.2, -0.15) is 18.3 Å². The lowest BCUT2D eigenvalue weighted by atomic mass is 10.1. The van der Waals surface area contributed by atoms with Crippen LogP contribution in [0.15, 0.2) is 59.7 Å². The average Bonchev–Trinajstić information content (AvgIpc) is 3.13. The molecule has 0 fully saturated rings. The molecule has 1 amide bonds. The van der Waals surface area contributed by atoms with E-state index in [2.05, 4.69) is 15.2 Å². The summed E-state index contributed by atoms with van der Waals surface area (Å²) >= 11 is 0. The van der Waals surface area contributed by atoms with Crippen LogP contribution in [0.2, 0.25) is 0 Å². The summed E-state index contributed by atoms with van der Waals surface area (Å²) in [5.74, 6) is -0.702. The van der Waals surface area contributed by atoms with Crippen molar-refractivity contribution in [2.45, 2.75) is 25.6 Å². The van der Waals surface area contributed by atoms with Crippen LogP contribution in [0, 0.1) is 0 Å². The minimum Gasteiger partial charge on any atom is -0.484 e. The number of halogens is 3. The molecular formula is C20H18F3N3O3. The second-order valence-electron chi connectivity index (χ2n) is 6.44. The summed E-state index contributed by atoms with van der Waals surface area (Å²) in [6.07, 6.45) is -4.33. The van der Waals surface area contributed by atoms with Gasteiger partial charge in [-0.05, 0) is 31.2 Å². The van der Waals surface area contributed by atoms with Gasteiger partial charge in [-0.15, -0.1) is 0 Å². The predicted octanol–water partition coefficient (Wildman–Crippen LogP) is 3.79. The first-order chi connectivity index (χ1) is 13.7. The van der Waals surface area contributed by atoms with E-state index in [0.717, 1.165) is 0 Å². The molecule has 0 aromatic heterocycles. The van der Waals surface area contributed by atoms with E-state index >= 15 is 0 Å². The topological polar surface area (TPSA) is 71.0 Å². The van der Waals surface area contributed by atoms with Crippen LogP contribution in [-0.4, -0.2) is 36.2 Å². The van der Waals surface area contributed by atoms with E-state index in [1.807, 2.05) is 6.07 Å². The van der Waals surface area contributed by atoms with Crippen molar-refractivity contribution in [3.63, 3.8) is 0 Å².